The zero-order chi connectivity index (χ0) is 12.1. The van der Waals surface area contributed by atoms with E-state index in [0.717, 1.165) is 11.3 Å². The first-order valence-corrected chi connectivity index (χ1v) is 4.95. The monoisotopic (exact) mass is 244 g/mol. The fourth-order valence-corrected chi connectivity index (χ4v) is 1.60. The second-order valence-corrected chi connectivity index (χ2v) is 3.72. The topological polar surface area (TPSA) is 98.5 Å². The largest absolute Gasteiger partial charge is 0.468 e. The van der Waals surface area contributed by atoms with Crippen LogP contribution in [0.3, 0.4) is 0 Å². The van der Waals surface area contributed by atoms with Gasteiger partial charge in [0.1, 0.15) is 6.54 Å². The Morgan fingerprint density at radius 3 is 2.75 bits per heavy atom. The highest BCUT2D eigenvalue weighted by molar-refractivity contribution is 7.17. The van der Waals surface area contributed by atoms with Crippen molar-refractivity contribution in [1.29, 1.82) is 0 Å². The fourth-order valence-electron chi connectivity index (χ4n) is 0.860. The third-order valence-corrected chi connectivity index (χ3v) is 2.65. The average Bonchev–Trinajstić information content (AvgIpc) is 2.74. The zero-order valence-electron chi connectivity index (χ0n) is 8.26. The molecule has 0 aliphatic rings. The molecule has 0 saturated carbocycles. The highest BCUT2D eigenvalue weighted by Crippen LogP contribution is 2.23. The van der Waals surface area contributed by atoms with Gasteiger partial charge >= 0.3 is 11.0 Å². The lowest BCUT2D eigenvalue weighted by atomic mass is 10.4. The predicted octanol–water partition coefficient (Wildman–Crippen LogP) is 0.559. The van der Waals surface area contributed by atoms with E-state index in [4.69, 9.17) is 0 Å². The molecule has 86 valence electrons. The maximum Gasteiger partial charge on any atom is 0.325 e. The molecule has 1 amide bonds. The number of hydrogen-bond acceptors (Lipinski definition) is 6. The summed E-state index contributed by atoms with van der Waals surface area (Å²) in [5.41, 5.74) is 0. The summed E-state index contributed by atoms with van der Waals surface area (Å²) in [4.78, 5) is 32.0. The molecular weight excluding hydrogens is 236 g/mol. The van der Waals surface area contributed by atoms with Gasteiger partial charge in [-0.05, 0) is 6.07 Å². The van der Waals surface area contributed by atoms with Crippen molar-refractivity contribution in [2.45, 2.75) is 0 Å². The second-order valence-electron chi connectivity index (χ2n) is 2.65. The van der Waals surface area contributed by atoms with Crippen molar-refractivity contribution in [1.82, 2.24) is 5.32 Å². The van der Waals surface area contributed by atoms with E-state index in [1.54, 1.807) is 0 Å². The van der Waals surface area contributed by atoms with Crippen LogP contribution in [0, 0.1) is 10.1 Å². The first-order chi connectivity index (χ1) is 7.54. The number of methoxy groups -OCH3 is 1. The minimum Gasteiger partial charge on any atom is -0.468 e. The number of thiophene rings is 1. The number of nitrogens with one attached hydrogen (secondary N) is 1. The van der Waals surface area contributed by atoms with Crippen LogP contribution in [0.25, 0.3) is 0 Å². The maximum atomic E-state index is 11.4. The van der Waals surface area contributed by atoms with Crippen molar-refractivity contribution in [3.05, 3.63) is 27.1 Å². The van der Waals surface area contributed by atoms with Gasteiger partial charge in [0.2, 0.25) is 0 Å². The number of nitro groups is 1. The van der Waals surface area contributed by atoms with Crippen molar-refractivity contribution in [3.8, 4) is 0 Å². The summed E-state index contributed by atoms with van der Waals surface area (Å²) in [6, 6.07) is 2.56. The van der Waals surface area contributed by atoms with E-state index < -0.39 is 16.8 Å². The molecule has 0 aliphatic heterocycles. The number of carbonyl (C=O) groups excluding carboxylic acids is 2. The molecule has 0 aromatic carbocycles. The lowest BCUT2D eigenvalue weighted by molar-refractivity contribution is -0.380. The molecule has 0 spiro atoms. The number of amides is 1. The van der Waals surface area contributed by atoms with Crippen molar-refractivity contribution < 1.29 is 19.2 Å². The second kappa shape index (κ2) is 5.21. The van der Waals surface area contributed by atoms with Crippen molar-refractivity contribution in [2.24, 2.45) is 0 Å². The fraction of sp³-hybridized carbons (Fsp3) is 0.250. The SMILES string of the molecule is COC(=O)CNC(=O)c1ccc([N+](=O)[O-])s1. The van der Waals surface area contributed by atoms with E-state index in [-0.39, 0.29) is 16.4 Å². The number of ether oxygens (including phenoxy) is 1. The third kappa shape index (κ3) is 3.02. The number of esters is 1. The van der Waals surface area contributed by atoms with Crippen LogP contribution in [0.4, 0.5) is 5.00 Å². The molecule has 0 radical (unpaired) electrons. The van der Waals surface area contributed by atoms with Gasteiger partial charge in [0.25, 0.3) is 5.91 Å². The van der Waals surface area contributed by atoms with E-state index in [1.165, 1.54) is 19.2 Å². The predicted molar refractivity (Wildman–Crippen MR) is 55.3 cm³/mol. The third-order valence-electron chi connectivity index (χ3n) is 1.62. The van der Waals surface area contributed by atoms with Gasteiger partial charge in [-0.25, -0.2) is 0 Å². The lowest BCUT2D eigenvalue weighted by Crippen LogP contribution is -2.29. The standard InChI is InChI=1S/C8H8N2O5S/c1-15-7(11)4-9-8(12)5-2-3-6(16-5)10(13)14/h2-3H,4H2,1H3,(H,9,12). The smallest absolute Gasteiger partial charge is 0.325 e. The Morgan fingerprint density at radius 2 is 2.25 bits per heavy atom. The van der Waals surface area contributed by atoms with Crippen molar-refractivity contribution >= 4 is 28.2 Å². The van der Waals surface area contributed by atoms with Crippen LogP contribution in [0.5, 0.6) is 0 Å². The molecule has 0 fully saturated rings. The molecule has 1 rings (SSSR count). The Hall–Kier alpha value is -1.96. The van der Waals surface area contributed by atoms with E-state index in [2.05, 4.69) is 10.1 Å². The molecule has 1 aromatic heterocycles. The van der Waals surface area contributed by atoms with Crippen LogP contribution in [-0.2, 0) is 9.53 Å². The highest BCUT2D eigenvalue weighted by Gasteiger charge is 2.15. The summed E-state index contributed by atoms with van der Waals surface area (Å²) in [6.07, 6.45) is 0. The Bertz CT molecular complexity index is 428. The molecule has 1 heterocycles. The minimum absolute atomic E-state index is 0.122. The minimum atomic E-state index is -0.584. The molecule has 0 unspecified atom stereocenters. The molecule has 0 aliphatic carbocycles. The van der Waals surface area contributed by atoms with Crippen LogP contribution in [0.1, 0.15) is 9.67 Å². The molecule has 1 N–H and O–H groups in total. The molecule has 1 aromatic rings. The summed E-state index contributed by atoms with van der Waals surface area (Å²) < 4.78 is 4.32. The molecule has 0 saturated heterocycles. The van der Waals surface area contributed by atoms with E-state index in [1.807, 2.05) is 0 Å². The van der Waals surface area contributed by atoms with Gasteiger partial charge in [-0.1, -0.05) is 11.3 Å². The number of hydrogen-bond donors (Lipinski definition) is 1. The van der Waals surface area contributed by atoms with Crippen LogP contribution in [0.15, 0.2) is 12.1 Å². The quantitative estimate of drug-likeness (QED) is 0.474. The van der Waals surface area contributed by atoms with E-state index in [9.17, 15) is 19.7 Å². The summed E-state index contributed by atoms with van der Waals surface area (Å²) >= 11 is 0.745. The van der Waals surface area contributed by atoms with Gasteiger partial charge in [-0.15, -0.1) is 0 Å². The van der Waals surface area contributed by atoms with Crippen LogP contribution in [-0.4, -0.2) is 30.5 Å². The first kappa shape index (κ1) is 12.1. The van der Waals surface area contributed by atoms with Gasteiger partial charge in [-0.3, -0.25) is 19.7 Å². The molecule has 8 heteroatoms. The summed E-state index contributed by atoms with van der Waals surface area (Å²) in [5.74, 6) is -1.12. The van der Waals surface area contributed by atoms with Crippen molar-refractivity contribution in [2.75, 3.05) is 13.7 Å². The summed E-state index contributed by atoms with van der Waals surface area (Å²) in [7, 11) is 1.20. The average molecular weight is 244 g/mol. The molecule has 16 heavy (non-hydrogen) atoms. The normalized spacial score (nSPS) is 9.56. The summed E-state index contributed by atoms with van der Waals surface area (Å²) in [6.45, 7) is -0.263. The van der Waals surface area contributed by atoms with Gasteiger partial charge in [0.15, 0.2) is 0 Å². The highest BCUT2D eigenvalue weighted by atomic mass is 32.1. The lowest BCUT2D eigenvalue weighted by Gasteiger charge is -2.00. The Kier molecular flexibility index (Phi) is 3.95. The summed E-state index contributed by atoms with van der Waals surface area (Å²) in [5, 5.41) is 12.5. The number of carbonyl (C=O) groups is 2. The van der Waals surface area contributed by atoms with Crippen LogP contribution < -0.4 is 5.32 Å². The maximum absolute atomic E-state index is 11.4. The van der Waals surface area contributed by atoms with Crippen molar-refractivity contribution in [3.63, 3.8) is 0 Å². The van der Waals surface area contributed by atoms with Gasteiger partial charge < -0.3 is 10.1 Å². The molecular formula is C8H8N2O5S. The molecule has 0 atom stereocenters. The zero-order valence-corrected chi connectivity index (χ0v) is 9.08. The van der Waals surface area contributed by atoms with Crippen LogP contribution in [0.2, 0.25) is 0 Å². The number of rotatable bonds is 4. The Morgan fingerprint density at radius 1 is 1.56 bits per heavy atom. The van der Waals surface area contributed by atoms with Crippen LogP contribution >= 0.6 is 11.3 Å². The Balaban J connectivity index is 2.59. The molecule has 0 bridgehead atoms. The Labute approximate surface area is 94.2 Å². The molecule has 7 nitrogen and oxygen atoms in total. The van der Waals surface area contributed by atoms with E-state index >= 15 is 0 Å². The number of nitrogens with zero attached hydrogens (tertiary/aromatic N) is 1. The van der Waals surface area contributed by atoms with Gasteiger partial charge in [-0.2, -0.15) is 0 Å². The van der Waals surface area contributed by atoms with E-state index in [0.29, 0.717) is 0 Å². The first-order valence-electron chi connectivity index (χ1n) is 4.14. The van der Waals surface area contributed by atoms with Gasteiger partial charge in [0.05, 0.1) is 16.9 Å². The van der Waals surface area contributed by atoms with Gasteiger partial charge in [0, 0.05) is 6.07 Å².